The van der Waals surface area contributed by atoms with Gasteiger partial charge in [-0.15, -0.1) is 0 Å². The summed E-state index contributed by atoms with van der Waals surface area (Å²) in [5.74, 6) is -0.524. The van der Waals surface area contributed by atoms with Crippen LogP contribution in [0.15, 0.2) is 72.8 Å². The van der Waals surface area contributed by atoms with Crippen LogP contribution in [0.3, 0.4) is 0 Å². The van der Waals surface area contributed by atoms with E-state index in [-0.39, 0.29) is 17.1 Å². The van der Waals surface area contributed by atoms with Crippen LogP contribution in [-0.4, -0.2) is 18.5 Å². The number of benzene rings is 3. The summed E-state index contributed by atoms with van der Waals surface area (Å²) in [6, 6.07) is 16.2. The Labute approximate surface area is 214 Å². The van der Waals surface area contributed by atoms with Crippen LogP contribution in [0.25, 0.3) is 0 Å². The Balaban J connectivity index is 1.47. The van der Waals surface area contributed by atoms with E-state index < -0.39 is 23.7 Å². The summed E-state index contributed by atoms with van der Waals surface area (Å²) in [7, 11) is 0. The third-order valence-corrected chi connectivity index (χ3v) is 5.53. The third kappa shape index (κ3) is 8.97. The van der Waals surface area contributed by atoms with E-state index in [9.17, 15) is 22.8 Å². The molecule has 8 heteroatoms. The van der Waals surface area contributed by atoms with Gasteiger partial charge in [0, 0.05) is 0 Å². The van der Waals surface area contributed by atoms with E-state index in [0.717, 1.165) is 31.0 Å². The summed E-state index contributed by atoms with van der Waals surface area (Å²) in [5, 5.41) is 0. The zero-order chi connectivity index (χ0) is 26.7. The van der Waals surface area contributed by atoms with Crippen molar-refractivity contribution < 1.29 is 37.0 Å². The van der Waals surface area contributed by atoms with Crippen molar-refractivity contribution in [3.05, 3.63) is 89.5 Å². The molecular formula is C29H29F3O5. The highest BCUT2D eigenvalue weighted by Crippen LogP contribution is 2.30. The molecule has 0 unspecified atom stereocenters. The Morgan fingerprint density at radius 1 is 0.676 bits per heavy atom. The van der Waals surface area contributed by atoms with Crippen LogP contribution in [0.5, 0.6) is 17.2 Å². The fraction of sp³-hybridized carbons (Fsp3) is 0.310. The number of carbonyl (C=O) groups is 2. The molecule has 0 aliphatic rings. The van der Waals surface area contributed by atoms with Crippen molar-refractivity contribution in [2.75, 3.05) is 6.61 Å². The highest BCUT2D eigenvalue weighted by Gasteiger charge is 2.31. The lowest BCUT2D eigenvalue weighted by Crippen LogP contribution is -2.11. The van der Waals surface area contributed by atoms with Gasteiger partial charge in [-0.25, -0.2) is 9.59 Å². The normalized spacial score (nSPS) is 11.1. The topological polar surface area (TPSA) is 61.8 Å². The van der Waals surface area contributed by atoms with Gasteiger partial charge in [0.2, 0.25) is 0 Å². The number of hydrogen-bond acceptors (Lipinski definition) is 5. The number of ether oxygens (including phenoxy) is 3. The van der Waals surface area contributed by atoms with Gasteiger partial charge in [0.1, 0.15) is 17.2 Å². The predicted molar refractivity (Wildman–Crippen MR) is 133 cm³/mol. The van der Waals surface area contributed by atoms with Gasteiger partial charge in [-0.05, 0) is 73.2 Å². The van der Waals surface area contributed by atoms with Gasteiger partial charge in [-0.2, -0.15) is 13.2 Å². The smallest absolute Gasteiger partial charge is 0.416 e. The van der Waals surface area contributed by atoms with Gasteiger partial charge < -0.3 is 14.2 Å². The second-order valence-corrected chi connectivity index (χ2v) is 8.47. The summed E-state index contributed by atoms with van der Waals surface area (Å²) in [4.78, 5) is 24.7. The highest BCUT2D eigenvalue weighted by molar-refractivity contribution is 5.92. The molecular weight excluding hydrogens is 485 g/mol. The molecule has 0 amide bonds. The molecule has 0 saturated heterocycles. The average Bonchev–Trinajstić information content (AvgIpc) is 2.89. The zero-order valence-corrected chi connectivity index (χ0v) is 20.6. The van der Waals surface area contributed by atoms with Gasteiger partial charge in [0.25, 0.3) is 0 Å². The van der Waals surface area contributed by atoms with Crippen molar-refractivity contribution in [3.63, 3.8) is 0 Å². The van der Waals surface area contributed by atoms with Crippen LogP contribution in [-0.2, 0) is 6.18 Å². The highest BCUT2D eigenvalue weighted by atomic mass is 19.4. The standard InChI is InChI=1S/C29H29F3O5/c1-2-3-4-5-6-7-19-35-24-13-11-21(12-14-24)27(33)36-25-15-17-26(18-16-25)37-28(34)22-9-8-10-23(20-22)29(30,31)32/h8-18,20H,2-7,19H2,1H3. The second kappa shape index (κ2) is 13.5. The molecule has 0 atom stereocenters. The van der Waals surface area contributed by atoms with Crippen LogP contribution in [0.4, 0.5) is 13.2 Å². The predicted octanol–water partition coefficient (Wildman–Crippen LogP) is 7.88. The molecule has 0 heterocycles. The molecule has 37 heavy (non-hydrogen) atoms. The quantitative estimate of drug-likeness (QED) is 0.140. The minimum atomic E-state index is -4.57. The largest absolute Gasteiger partial charge is 0.494 e. The van der Waals surface area contributed by atoms with Gasteiger partial charge in [-0.3, -0.25) is 0 Å². The molecule has 3 aromatic carbocycles. The first-order chi connectivity index (χ1) is 17.8. The molecule has 0 bridgehead atoms. The van der Waals surface area contributed by atoms with E-state index >= 15 is 0 Å². The van der Waals surface area contributed by atoms with E-state index in [1.165, 1.54) is 56.0 Å². The lowest BCUT2D eigenvalue weighted by molar-refractivity contribution is -0.137. The number of hydrogen-bond donors (Lipinski definition) is 0. The fourth-order valence-electron chi connectivity index (χ4n) is 3.49. The first-order valence-electron chi connectivity index (χ1n) is 12.2. The third-order valence-electron chi connectivity index (χ3n) is 5.53. The molecule has 0 spiro atoms. The molecule has 0 aromatic heterocycles. The maximum atomic E-state index is 12.9. The monoisotopic (exact) mass is 514 g/mol. The minimum absolute atomic E-state index is 0.0917. The molecule has 0 radical (unpaired) electrons. The summed E-state index contributed by atoms with van der Waals surface area (Å²) >= 11 is 0. The van der Waals surface area contributed by atoms with Crippen LogP contribution >= 0.6 is 0 Å². The number of alkyl halides is 3. The fourth-order valence-corrected chi connectivity index (χ4v) is 3.49. The Kier molecular flexibility index (Phi) is 10.1. The van der Waals surface area contributed by atoms with Crippen LogP contribution in [0.2, 0.25) is 0 Å². The molecule has 0 N–H and O–H groups in total. The number of rotatable bonds is 12. The molecule has 3 rings (SSSR count). The van der Waals surface area contributed by atoms with Crippen LogP contribution in [0, 0.1) is 0 Å². The van der Waals surface area contributed by atoms with E-state index in [1.54, 1.807) is 24.3 Å². The average molecular weight is 515 g/mol. The van der Waals surface area contributed by atoms with Crippen molar-refractivity contribution >= 4 is 11.9 Å². The number of esters is 2. The van der Waals surface area contributed by atoms with E-state index in [1.807, 2.05) is 0 Å². The SMILES string of the molecule is CCCCCCCCOc1ccc(C(=O)Oc2ccc(OC(=O)c3cccc(C(F)(F)F)c3)cc2)cc1. The Morgan fingerprint density at radius 2 is 1.22 bits per heavy atom. The van der Waals surface area contributed by atoms with E-state index in [4.69, 9.17) is 14.2 Å². The van der Waals surface area contributed by atoms with E-state index in [0.29, 0.717) is 17.9 Å². The van der Waals surface area contributed by atoms with Crippen molar-refractivity contribution in [2.24, 2.45) is 0 Å². The van der Waals surface area contributed by atoms with Gasteiger partial charge >= 0.3 is 18.1 Å². The van der Waals surface area contributed by atoms with Crippen LogP contribution < -0.4 is 14.2 Å². The molecule has 5 nitrogen and oxygen atoms in total. The summed E-state index contributed by atoms with van der Waals surface area (Å²) in [5.41, 5.74) is -0.835. The molecule has 3 aromatic rings. The van der Waals surface area contributed by atoms with Crippen molar-refractivity contribution in [1.29, 1.82) is 0 Å². The number of carbonyl (C=O) groups excluding carboxylic acids is 2. The molecule has 0 aliphatic carbocycles. The Morgan fingerprint density at radius 3 is 1.81 bits per heavy atom. The zero-order valence-electron chi connectivity index (χ0n) is 20.6. The molecule has 0 fully saturated rings. The van der Waals surface area contributed by atoms with Crippen molar-refractivity contribution in [1.82, 2.24) is 0 Å². The van der Waals surface area contributed by atoms with Crippen LogP contribution in [0.1, 0.15) is 71.7 Å². The van der Waals surface area contributed by atoms with Gasteiger partial charge in [0.05, 0.1) is 23.3 Å². The Bertz CT molecular complexity index is 1160. The minimum Gasteiger partial charge on any atom is -0.494 e. The first-order valence-corrected chi connectivity index (χ1v) is 12.2. The first kappa shape index (κ1) is 27.8. The second-order valence-electron chi connectivity index (χ2n) is 8.47. The molecule has 0 saturated carbocycles. The number of halogens is 3. The van der Waals surface area contributed by atoms with Gasteiger partial charge in [-0.1, -0.05) is 45.1 Å². The Hall–Kier alpha value is -3.81. The lowest BCUT2D eigenvalue weighted by Gasteiger charge is -2.09. The van der Waals surface area contributed by atoms with Crippen molar-refractivity contribution in [2.45, 2.75) is 51.6 Å². The lowest BCUT2D eigenvalue weighted by atomic mass is 10.1. The number of unbranched alkanes of at least 4 members (excludes halogenated alkanes) is 5. The summed E-state index contributed by atoms with van der Waals surface area (Å²) in [6.07, 6.45) is 2.50. The van der Waals surface area contributed by atoms with E-state index in [2.05, 4.69) is 6.92 Å². The van der Waals surface area contributed by atoms with Gasteiger partial charge in [0.15, 0.2) is 0 Å². The van der Waals surface area contributed by atoms with Crippen molar-refractivity contribution in [3.8, 4) is 17.2 Å². The summed E-state index contributed by atoms with van der Waals surface area (Å²) in [6.45, 7) is 2.81. The molecule has 0 aliphatic heterocycles. The summed E-state index contributed by atoms with van der Waals surface area (Å²) < 4.78 is 54.8. The molecule has 196 valence electrons. The maximum Gasteiger partial charge on any atom is 0.416 e. The maximum absolute atomic E-state index is 12.9.